The number of guanidine groups is 1. The van der Waals surface area contributed by atoms with Gasteiger partial charge in [-0.05, 0) is 43.9 Å². The molecule has 2 rings (SSSR count). The van der Waals surface area contributed by atoms with E-state index >= 15 is 0 Å². The highest BCUT2D eigenvalue weighted by molar-refractivity contribution is 6.29. The Morgan fingerprint density at radius 3 is 2.46 bits per heavy atom. The van der Waals surface area contributed by atoms with Crippen LogP contribution in [0.1, 0.15) is 22.5 Å². The molecule has 0 fully saturated rings. The third kappa shape index (κ3) is 4.96. The van der Waals surface area contributed by atoms with Gasteiger partial charge in [-0.15, -0.1) is 0 Å². The Labute approximate surface area is 148 Å². The van der Waals surface area contributed by atoms with Crippen molar-refractivity contribution in [3.8, 4) is 0 Å². The standard InChI is InChI=1S/C17H25ClN6/c1-12-15(13(2)24(4)23-12)8-10-21-17(19-3)20-9-7-14-5-6-16(18)22-11-14/h5-6,11H,7-10H2,1-4H3,(H2,19,20,21). The molecule has 24 heavy (non-hydrogen) atoms. The molecule has 2 aromatic rings. The number of aromatic nitrogens is 3. The van der Waals surface area contributed by atoms with Gasteiger partial charge in [0.1, 0.15) is 5.15 Å². The van der Waals surface area contributed by atoms with E-state index in [1.54, 1.807) is 13.2 Å². The minimum atomic E-state index is 0.519. The second kappa shape index (κ2) is 8.68. The lowest BCUT2D eigenvalue weighted by Gasteiger charge is -2.12. The van der Waals surface area contributed by atoms with Crippen LogP contribution in [0.15, 0.2) is 23.3 Å². The quantitative estimate of drug-likeness (QED) is 0.476. The zero-order valence-electron chi connectivity index (χ0n) is 14.7. The highest BCUT2D eigenvalue weighted by Crippen LogP contribution is 2.11. The molecule has 0 aliphatic rings. The molecule has 0 unspecified atom stereocenters. The van der Waals surface area contributed by atoms with E-state index in [1.165, 1.54) is 11.3 Å². The third-order valence-corrected chi connectivity index (χ3v) is 4.27. The zero-order valence-corrected chi connectivity index (χ0v) is 15.5. The van der Waals surface area contributed by atoms with Gasteiger partial charge >= 0.3 is 0 Å². The first-order valence-corrected chi connectivity index (χ1v) is 8.43. The second-order valence-corrected chi connectivity index (χ2v) is 6.08. The Balaban J connectivity index is 1.75. The van der Waals surface area contributed by atoms with Crippen molar-refractivity contribution in [3.63, 3.8) is 0 Å². The van der Waals surface area contributed by atoms with Gasteiger partial charge in [0.2, 0.25) is 0 Å². The van der Waals surface area contributed by atoms with E-state index in [-0.39, 0.29) is 0 Å². The van der Waals surface area contributed by atoms with E-state index in [1.807, 2.05) is 23.9 Å². The number of rotatable bonds is 6. The van der Waals surface area contributed by atoms with E-state index in [0.717, 1.165) is 43.1 Å². The summed E-state index contributed by atoms with van der Waals surface area (Å²) < 4.78 is 1.93. The van der Waals surface area contributed by atoms with Crippen LogP contribution in [0, 0.1) is 13.8 Å². The molecule has 0 saturated carbocycles. The third-order valence-electron chi connectivity index (χ3n) is 4.04. The Hall–Kier alpha value is -2.08. The predicted molar refractivity (Wildman–Crippen MR) is 98.7 cm³/mol. The molecule has 0 spiro atoms. The average Bonchev–Trinajstić information content (AvgIpc) is 2.81. The van der Waals surface area contributed by atoms with E-state index in [4.69, 9.17) is 11.6 Å². The number of aryl methyl sites for hydroxylation is 2. The van der Waals surface area contributed by atoms with Crippen LogP contribution in [0.2, 0.25) is 5.15 Å². The van der Waals surface area contributed by atoms with Gasteiger partial charge in [0.15, 0.2) is 5.96 Å². The molecule has 130 valence electrons. The van der Waals surface area contributed by atoms with Gasteiger partial charge in [-0.2, -0.15) is 5.10 Å². The first-order chi connectivity index (χ1) is 11.5. The summed E-state index contributed by atoms with van der Waals surface area (Å²) in [5, 5.41) is 11.6. The molecule has 0 atom stereocenters. The van der Waals surface area contributed by atoms with Gasteiger partial charge in [0.25, 0.3) is 0 Å². The molecule has 0 amide bonds. The molecule has 0 aliphatic carbocycles. The summed E-state index contributed by atoms with van der Waals surface area (Å²) in [5.41, 5.74) is 4.75. The molecule has 2 N–H and O–H groups in total. The Morgan fingerprint density at radius 1 is 1.21 bits per heavy atom. The molecule has 0 bridgehead atoms. The number of hydrogen-bond acceptors (Lipinski definition) is 3. The van der Waals surface area contributed by atoms with Crippen LogP contribution in [0.25, 0.3) is 0 Å². The maximum atomic E-state index is 5.79. The summed E-state index contributed by atoms with van der Waals surface area (Å²) in [6.45, 7) is 5.75. The van der Waals surface area contributed by atoms with Crippen LogP contribution in [-0.4, -0.2) is 40.9 Å². The SMILES string of the molecule is CN=C(NCCc1ccc(Cl)nc1)NCCc1c(C)nn(C)c1C. The fourth-order valence-electron chi connectivity index (χ4n) is 2.59. The fourth-order valence-corrected chi connectivity index (χ4v) is 2.70. The van der Waals surface area contributed by atoms with Gasteiger partial charge in [-0.25, -0.2) is 4.98 Å². The monoisotopic (exact) mass is 348 g/mol. The molecule has 0 aliphatic heterocycles. The van der Waals surface area contributed by atoms with Crippen molar-refractivity contribution in [2.75, 3.05) is 20.1 Å². The number of hydrogen-bond donors (Lipinski definition) is 2. The summed E-state index contributed by atoms with van der Waals surface area (Å²) in [5.74, 6) is 0.802. The Kier molecular flexibility index (Phi) is 6.61. The molecular weight excluding hydrogens is 324 g/mol. The van der Waals surface area contributed by atoms with Gasteiger partial charge in [0, 0.05) is 39.1 Å². The van der Waals surface area contributed by atoms with E-state index in [0.29, 0.717) is 5.15 Å². The smallest absolute Gasteiger partial charge is 0.190 e. The number of halogens is 1. The van der Waals surface area contributed by atoms with Crippen LogP contribution >= 0.6 is 11.6 Å². The van der Waals surface area contributed by atoms with Crippen LogP contribution in [0.4, 0.5) is 0 Å². The largest absolute Gasteiger partial charge is 0.356 e. The summed E-state index contributed by atoms with van der Waals surface area (Å²) in [6, 6.07) is 3.80. The summed E-state index contributed by atoms with van der Waals surface area (Å²) >= 11 is 5.79. The number of nitrogens with one attached hydrogen (secondary N) is 2. The molecule has 0 aromatic carbocycles. The Morgan fingerprint density at radius 2 is 1.92 bits per heavy atom. The van der Waals surface area contributed by atoms with E-state index in [9.17, 15) is 0 Å². The van der Waals surface area contributed by atoms with Crippen LogP contribution < -0.4 is 10.6 Å². The molecule has 2 heterocycles. The number of aliphatic imine (C=N–C) groups is 1. The van der Waals surface area contributed by atoms with Crippen molar-refractivity contribution in [1.29, 1.82) is 0 Å². The van der Waals surface area contributed by atoms with Gasteiger partial charge < -0.3 is 10.6 Å². The lowest BCUT2D eigenvalue weighted by atomic mass is 10.1. The maximum absolute atomic E-state index is 5.79. The average molecular weight is 349 g/mol. The lowest BCUT2D eigenvalue weighted by molar-refractivity contribution is 0.728. The zero-order chi connectivity index (χ0) is 17.5. The van der Waals surface area contributed by atoms with Crippen molar-refractivity contribution < 1.29 is 0 Å². The molecule has 2 aromatic heterocycles. The fraction of sp³-hybridized carbons (Fsp3) is 0.471. The van der Waals surface area contributed by atoms with Crippen LogP contribution in [0.5, 0.6) is 0 Å². The summed E-state index contributed by atoms with van der Waals surface area (Å²) in [6.07, 6.45) is 3.59. The minimum Gasteiger partial charge on any atom is -0.356 e. The highest BCUT2D eigenvalue weighted by atomic mass is 35.5. The first-order valence-electron chi connectivity index (χ1n) is 8.05. The molecule has 7 heteroatoms. The second-order valence-electron chi connectivity index (χ2n) is 5.69. The molecule has 0 saturated heterocycles. The maximum Gasteiger partial charge on any atom is 0.190 e. The van der Waals surface area contributed by atoms with Crippen molar-refractivity contribution >= 4 is 17.6 Å². The van der Waals surface area contributed by atoms with Crippen molar-refractivity contribution in [3.05, 3.63) is 46.0 Å². The minimum absolute atomic E-state index is 0.519. The van der Waals surface area contributed by atoms with Gasteiger partial charge in [0.05, 0.1) is 5.69 Å². The van der Waals surface area contributed by atoms with Gasteiger partial charge in [-0.1, -0.05) is 17.7 Å². The molecular formula is C17H25ClN6. The van der Waals surface area contributed by atoms with Crippen molar-refractivity contribution in [1.82, 2.24) is 25.4 Å². The first kappa shape index (κ1) is 18.3. The van der Waals surface area contributed by atoms with Crippen LogP contribution in [0.3, 0.4) is 0 Å². The van der Waals surface area contributed by atoms with Gasteiger partial charge in [-0.3, -0.25) is 9.67 Å². The highest BCUT2D eigenvalue weighted by Gasteiger charge is 2.09. The van der Waals surface area contributed by atoms with Crippen molar-refractivity contribution in [2.45, 2.75) is 26.7 Å². The topological polar surface area (TPSA) is 67.1 Å². The predicted octanol–water partition coefficient (Wildman–Crippen LogP) is 2.04. The van der Waals surface area contributed by atoms with E-state index < -0.39 is 0 Å². The summed E-state index contributed by atoms with van der Waals surface area (Å²) in [4.78, 5) is 8.33. The lowest BCUT2D eigenvalue weighted by Crippen LogP contribution is -2.39. The number of pyridine rings is 1. The summed E-state index contributed by atoms with van der Waals surface area (Å²) in [7, 11) is 3.76. The molecule has 0 radical (unpaired) electrons. The molecule has 6 nitrogen and oxygen atoms in total. The Bertz CT molecular complexity index is 690. The number of nitrogens with zero attached hydrogens (tertiary/aromatic N) is 4. The van der Waals surface area contributed by atoms with Crippen molar-refractivity contribution in [2.24, 2.45) is 12.0 Å². The normalized spacial score (nSPS) is 11.6. The van der Waals surface area contributed by atoms with Crippen LogP contribution in [-0.2, 0) is 19.9 Å². The van der Waals surface area contributed by atoms with E-state index in [2.05, 4.69) is 39.6 Å².